The molecule has 0 spiro atoms. The highest BCUT2D eigenvalue weighted by Gasteiger charge is 2.29. The molecule has 4 atom stereocenters. The summed E-state index contributed by atoms with van der Waals surface area (Å²) in [4.78, 5) is 0. The Kier molecular flexibility index (Phi) is 4.66. The Bertz CT molecular complexity index is 205. The smallest absolute Gasteiger partial charge is 0.0110 e. The molecule has 0 radical (unpaired) electrons. The summed E-state index contributed by atoms with van der Waals surface area (Å²) < 4.78 is 0. The van der Waals surface area contributed by atoms with Gasteiger partial charge in [0.25, 0.3) is 0 Å². The van der Waals surface area contributed by atoms with Gasteiger partial charge in [0.15, 0.2) is 0 Å². The zero-order chi connectivity index (χ0) is 11.4. The minimum absolute atomic E-state index is 0.712. The van der Waals surface area contributed by atoms with Crippen LogP contribution in [0.5, 0.6) is 0 Å². The molecule has 2 fully saturated rings. The van der Waals surface area contributed by atoms with Crippen LogP contribution in [0.1, 0.15) is 58.3 Å². The third-order valence-corrected chi connectivity index (χ3v) is 4.75. The predicted octanol–water partition coefficient (Wildman–Crippen LogP) is 2.67. The fourth-order valence-corrected chi connectivity index (χ4v) is 3.55. The van der Waals surface area contributed by atoms with Crippen molar-refractivity contribution in [3.63, 3.8) is 0 Å². The van der Waals surface area contributed by atoms with Gasteiger partial charge in [0, 0.05) is 12.1 Å². The molecule has 16 heavy (non-hydrogen) atoms. The van der Waals surface area contributed by atoms with Crippen molar-refractivity contribution in [1.29, 1.82) is 0 Å². The highest BCUT2D eigenvalue weighted by Crippen LogP contribution is 2.28. The zero-order valence-corrected chi connectivity index (χ0v) is 10.8. The lowest BCUT2D eigenvalue weighted by Gasteiger charge is -2.38. The summed E-state index contributed by atoms with van der Waals surface area (Å²) in [6.45, 7) is 3.29. The summed E-state index contributed by atoms with van der Waals surface area (Å²) in [5.41, 5.74) is 5.89. The van der Waals surface area contributed by atoms with Gasteiger partial charge in [-0.15, -0.1) is 0 Å². The van der Waals surface area contributed by atoms with Gasteiger partial charge in [0.1, 0.15) is 0 Å². The Labute approximate surface area is 100 Å². The predicted molar refractivity (Wildman–Crippen MR) is 69.4 cm³/mol. The molecule has 2 saturated carbocycles. The monoisotopic (exact) mass is 224 g/mol. The van der Waals surface area contributed by atoms with E-state index in [-0.39, 0.29) is 0 Å². The van der Waals surface area contributed by atoms with Gasteiger partial charge < -0.3 is 11.1 Å². The molecule has 4 unspecified atom stereocenters. The molecule has 2 nitrogen and oxygen atoms in total. The summed E-state index contributed by atoms with van der Waals surface area (Å²) >= 11 is 0. The van der Waals surface area contributed by atoms with Crippen molar-refractivity contribution >= 4 is 0 Å². The summed E-state index contributed by atoms with van der Waals surface area (Å²) in [6, 6.07) is 1.48. The van der Waals surface area contributed by atoms with Gasteiger partial charge in [-0.2, -0.15) is 0 Å². The molecule has 0 saturated heterocycles. The van der Waals surface area contributed by atoms with Crippen LogP contribution in [-0.2, 0) is 0 Å². The summed E-state index contributed by atoms with van der Waals surface area (Å²) in [5.74, 6) is 1.61. The summed E-state index contributed by atoms with van der Waals surface area (Å²) in [6.07, 6.45) is 11.1. The van der Waals surface area contributed by atoms with Gasteiger partial charge in [-0.3, -0.25) is 0 Å². The number of rotatable bonds is 3. The molecular weight excluding hydrogens is 196 g/mol. The number of nitrogens with one attached hydrogen (secondary N) is 1. The van der Waals surface area contributed by atoms with Crippen molar-refractivity contribution in [3.8, 4) is 0 Å². The van der Waals surface area contributed by atoms with Crippen molar-refractivity contribution in [3.05, 3.63) is 0 Å². The standard InChI is InChI=1S/C14H28N2/c1-11-6-2-4-8-13(11)16-14-9-5-3-7-12(14)10-15/h11-14,16H,2-10,15H2,1H3. The topological polar surface area (TPSA) is 38.0 Å². The van der Waals surface area contributed by atoms with E-state index in [2.05, 4.69) is 12.2 Å². The molecular formula is C14H28N2. The lowest BCUT2D eigenvalue weighted by atomic mass is 9.81. The quantitative estimate of drug-likeness (QED) is 0.773. The van der Waals surface area contributed by atoms with Crippen LogP contribution in [0, 0.1) is 11.8 Å². The molecule has 0 aromatic heterocycles. The fraction of sp³-hybridized carbons (Fsp3) is 1.00. The summed E-state index contributed by atoms with van der Waals surface area (Å²) in [5, 5.41) is 3.93. The van der Waals surface area contributed by atoms with E-state index in [0.29, 0.717) is 6.04 Å². The molecule has 0 heterocycles. The highest BCUT2D eigenvalue weighted by molar-refractivity contribution is 4.87. The minimum atomic E-state index is 0.712. The minimum Gasteiger partial charge on any atom is -0.330 e. The molecule has 0 aliphatic heterocycles. The van der Waals surface area contributed by atoms with Crippen LogP contribution in [-0.4, -0.2) is 18.6 Å². The van der Waals surface area contributed by atoms with Crippen LogP contribution in [0.2, 0.25) is 0 Å². The maximum Gasteiger partial charge on any atom is 0.0110 e. The molecule has 2 rings (SSSR count). The van der Waals surface area contributed by atoms with E-state index >= 15 is 0 Å². The molecule has 3 N–H and O–H groups in total. The van der Waals surface area contributed by atoms with E-state index in [4.69, 9.17) is 5.73 Å². The first kappa shape index (κ1) is 12.4. The molecule has 94 valence electrons. The van der Waals surface area contributed by atoms with Crippen molar-refractivity contribution in [2.24, 2.45) is 17.6 Å². The molecule has 0 aromatic rings. The first-order valence-electron chi connectivity index (χ1n) is 7.27. The fourth-order valence-electron chi connectivity index (χ4n) is 3.55. The number of nitrogens with two attached hydrogens (primary N) is 1. The second-order valence-electron chi connectivity index (χ2n) is 5.92. The van der Waals surface area contributed by atoms with E-state index in [0.717, 1.165) is 24.4 Å². The number of hydrogen-bond donors (Lipinski definition) is 2. The molecule has 0 aromatic carbocycles. The molecule has 0 amide bonds. The van der Waals surface area contributed by atoms with E-state index in [1.807, 2.05) is 0 Å². The lowest BCUT2D eigenvalue weighted by molar-refractivity contribution is 0.195. The average Bonchev–Trinajstić information content (AvgIpc) is 2.33. The Balaban J connectivity index is 1.86. The molecule has 2 heteroatoms. The summed E-state index contributed by atoms with van der Waals surface area (Å²) in [7, 11) is 0. The maximum atomic E-state index is 5.89. The largest absolute Gasteiger partial charge is 0.330 e. The zero-order valence-electron chi connectivity index (χ0n) is 10.8. The van der Waals surface area contributed by atoms with Crippen molar-refractivity contribution < 1.29 is 0 Å². The van der Waals surface area contributed by atoms with Gasteiger partial charge in [-0.05, 0) is 44.1 Å². The van der Waals surface area contributed by atoms with Crippen LogP contribution >= 0.6 is 0 Å². The van der Waals surface area contributed by atoms with Crippen molar-refractivity contribution in [1.82, 2.24) is 5.32 Å². The first-order valence-corrected chi connectivity index (χ1v) is 7.27. The second kappa shape index (κ2) is 6.02. The van der Waals surface area contributed by atoms with Crippen LogP contribution in [0.25, 0.3) is 0 Å². The average molecular weight is 224 g/mol. The normalized spacial score (nSPS) is 40.9. The van der Waals surface area contributed by atoms with Gasteiger partial charge in [0.2, 0.25) is 0 Å². The molecule has 0 bridgehead atoms. The van der Waals surface area contributed by atoms with Crippen LogP contribution < -0.4 is 11.1 Å². The Morgan fingerprint density at radius 1 is 0.938 bits per heavy atom. The van der Waals surface area contributed by atoms with E-state index < -0.39 is 0 Å². The van der Waals surface area contributed by atoms with Gasteiger partial charge >= 0.3 is 0 Å². The Hall–Kier alpha value is -0.0800. The molecule has 2 aliphatic carbocycles. The van der Waals surface area contributed by atoms with Crippen molar-refractivity contribution in [2.75, 3.05) is 6.54 Å². The van der Waals surface area contributed by atoms with Gasteiger partial charge in [-0.25, -0.2) is 0 Å². The number of hydrogen-bond acceptors (Lipinski definition) is 2. The maximum absolute atomic E-state index is 5.89. The lowest BCUT2D eigenvalue weighted by Crippen LogP contribution is -2.49. The van der Waals surface area contributed by atoms with Crippen LogP contribution in [0.3, 0.4) is 0 Å². The van der Waals surface area contributed by atoms with Gasteiger partial charge in [-0.1, -0.05) is 32.6 Å². The van der Waals surface area contributed by atoms with E-state index in [1.165, 1.54) is 51.4 Å². The highest BCUT2D eigenvalue weighted by atomic mass is 15.0. The van der Waals surface area contributed by atoms with Crippen LogP contribution in [0.4, 0.5) is 0 Å². The van der Waals surface area contributed by atoms with Crippen molar-refractivity contribution in [2.45, 2.75) is 70.4 Å². The van der Waals surface area contributed by atoms with E-state index in [9.17, 15) is 0 Å². The van der Waals surface area contributed by atoms with E-state index in [1.54, 1.807) is 0 Å². The van der Waals surface area contributed by atoms with Gasteiger partial charge in [0.05, 0.1) is 0 Å². The van der Waals surface area contributed by atoms with Crippen LogP contribution in [0.15, 0.2) is 0 Å². The third-order valence-electron chi connectivity index (χ3n) is 4.75. The Morgan fingerprint density at radius 2 is 1.56 bits per heavy atom. The SMILES string of the molecule is CC1CCCCC1NC1CCCCC1CN. The first-order chi connectivity index (χ1) is 7.81. The third kappa shape index (κ3) is 2.98. The molecule has 2 aliphatic rings. The second-order valence-corrected chi connectivity index (χ2v) is 5.92. The Morgan fingerprint density at radius 3 is 2.25 bits per heavy atom.